The molecule has 0 saturated carbocycles. The van der Waals surface area contributed by atoms with Gasteiger partial charge >= 0.3 is 5.97 Å². The maximum Gasteiger partial charge on any atom is 0.303 e. The number of carbonyl (C=O) groups is 1. The van der Waals surface area contributed by atoms with E-state index in [1.807, 2.05) is 23.6 Å². The molecule has 3 aromatic rings. The minimum atomic E-state index is -0.830. The fourth-order valence-electron chi connectivity index (χ4n) is 2.08. The molecular weight excluding hydrogens is 296 g/mol. The molecule has 0 spiro atoms. The zero-order valence-electron chi connectivity index (χ0n) is 11.0. The van der Waals surface area contributed by atoms with E-state index in [-0.39, 0.29) is 6.42 Å². The molecule has 0 radical (unpaired) electrons. The number of aromatic nitrogens is 4. The Hall–Kier alpha value is -1.80. The van der Waals surface area contributed by atoms with Crippen LogP contribution in [-0.4, -0.2) is 30.7 Å². The summed E-state index contributed by atoms with van der Waals surface area (Å²) in [6.45, 7) is 3.95. The van der Waals surface area contributed by atoms with Gasteiger partial charge in [0.25, 0.3) is 0 Å². The number of nitrogens with zero attached hydrogens (tertiary/aromatic N) is 4. The Morgan fingerprint density at radius 2 is 2.20 bits per heavy atom. The number of thiazole rings is 2. The summed E-state index contributed by atoms with van der Waals surface area (Å²) in [5.41, 5.74) is 1.98. The highest BCUT2D eigenvalue weighted by molar-refractivity contribution is 7.17. The predicted octanol–water partition coefficient (Wildman–Crippen LogP) is 2.55. The standard InChI is InChI=1S/C12H12N4O2S2/c1-6-11(20-7(2)13-6)8-5-19-12-15-14-9(16(8)12)3-4-10(17)18/h5H,3-4H2,1-2H3,(H,17,18). The lowest BCUT2D eigenvalue weighted by Gasteiger charge is -2.00. The van der Waals surface area contributed by atoms with Gasteiger partial charge in [-0.25, -0.2) is 4.98 Å². The molecule has 0 aromatic carbocycles. The molecule has 0 bridgehead atoms. The van der Waals surface area contributed by atoms with Crippen LogP contribution in [0.15, 0.2) is 5.38 Å². The molecule has 104 valence electrons. The Morgan fingerprint density at radius 1 is 1.40 bits per heavy atom. The number of fused-ring (bicyclic) bond motifs is 1. The van der Waals surface area contributed by atoms with Crippen molar-refractivity contribution in [2.24, 2.45) is 0 Å². The number of hydrogen-bond donors (Lipinski definition) is 1. The monoisotopic (exact) mass is 308 g/mol. The highest BCUT2D eigenvalue weighted by Crippen LogP contribution is 2.33. The second kappa shape index (κ2) is 4.95. The van der Waals surface area contributed by atoms with Crippen molar-refractivity contribution in [2.75, 3.05) is 0 Å². The topological polar surface area (TPSA) is 80.4 Å². The van der Waals surface area contributed by atoms with Gasteiger partial charge in [0.05, 0.1) is 27.7 Å². The molecule has 1 N–H and O–H groups in total. The molecule has 0 aliphatic heterocycles. The molecule has 6 nitrogen and oxygen atoms in total. The Kier molecular flexibility index (Phi) is 3.27. The number of carboxylic acid groups (broad SMARTS) is 1. The Balaban J connectivity index is 2.09. The lowest BCUT2D eigenvalue weighted by molar-refractivity contribution is -0.137. The van der Waals surface area contributed by atoms with E-state index in [0.717, 1.165) is 26.2 Å². The third kappa shape index (κ3) is 2.20. The van der Waals surface area contributed by atoms with Crippen LogP contribution in [0, 0.1) is 13.8 Å². The van der Waals surface area contributed by atoms with E-state index in [0.29, 0.717) is 12.2 Å². The normalized spacial score (nSPS) is 11.3. The highest BCUT2D eigenvalue weighted by atomic mass is 32.1. The highest BCUT2D eigenvalue weighted by Gasteiger charge is 2.17. The number of aliphatic carboxylic acids is 1. The number of aryl methyl sites for hydroxylation is 3. The molecule has 3 rings (SSSR count). The summed E-state index contributed by atoms with van der Waals surface area (Å²) in [6, 6.07) is 0. The van der Waals surface area contributed by atoms with Crippen LogP contribution in [-0.2, 0) is 11.2 Å². The molecule has 3 aromatic heterocycles. The van der Waals surface area contributed by atoms with Gasteiger partial charge in [-0.05, 0) is 13.8 Å². The second-order valence-corrected chi connectivity index (χ2v) is 6.44. The Labute approximate surface area is 122 Å². The van der Waals surface area contributed by atoms with Crippen LogP contribution in [0.25, 0.3) is 15.5 Å². The largest absolute Gasteiger partial charge is 0.481 e. The molecule has 3 heterocycles. The van der Waals surface area contributed by atoms with Gasteiger partial charge in [-0.1, -0.05) is 0 Å². The average molecular weight is 308 g/mol. The maximum absolute atomic E-state index is 10.7. The summed E-state index contributed by atoms with van der Waals surface area (Å²) in [5, 5.41) is 20.0. The fourth-order valence-corrected chi connectivity index (χ4v) is 3.92. The van der Waals surface area contributed by atoms with Crippen LogP contribution < -0.4 is 0 Å². The zero-order chi connectivity index (χ0) is 14.3. The first kappa shape index (κ1) is 13.2. The smallest absolute Gasteiger partial charge is 0.303 e. The molecule has 0 unspecified atom stereocenters. The number of carboxylic acids is 1. The molecule has 0 aliphatic rings. The first-order valence-electron chi connectivity index (χ1n) is 6.04. The van der Waals surface area contributed by atoms with Crippen molar-refractivity contribution >= 4 is 33.6 Å². The summed E-state index contributed by atoms with van der Waals surface area (Å²) >= 11 is 3.13. The van der Waals surface area contributed by atoms with Gasteiger partial charge in [0.15, 0.2) is 0 Å². The SMILES string of the molecule is Cc1nc(C)c(-c2csc3nnc(CCC(=O)O)n23)s1. The summed E-state index contributed by atoms with van der Waals surface area (Å²) in [5.74, 6) is -0.146. The van der Waals surface area contributed by atoms with Gasteiger partial charge in [0, 0.05) is 11.8 Å². The van der Waals surface area contributed by atoms with E-state index in [1.54, 1.807) is 11.3 Å². The minimum absolute atomic E-state index is 0.0524. The van der Waals surface area contributed by atoms with Crippen molar-refractivity contribution in [3.8, 4) is 10.6 Å². The van der Waals surface area contributed by atoms with Gasteiger partial charge in [-0.2, -0.15) is 0 Å². The molecule has 8 heteroatoms. The first-order chi connectivity index (χ1) is 9.56. The summed E-state index contributed by atoms with van der Waals surface area (Å²) in [7, 11) is 0. The predicted molar refractivity (Wildman–Crippen MR) is 77.4 cm³/mol. The lowest BCUT2D eigenvalue weighted by atomic mass is 10.3. The van der Waals surface area contributed by atoms with Crippen molar-refractivity contribution in [1.29, 1.82) is 0 Å². The number of hydrogen-bond acceptors (Lipinski definition) is 6. The quantitative estimate of drug-likeness (QED) is 0.801. The van der Waals surface area contributed by atoms with Crippen molar-refractivity contribution < 1.29 is 9.90 Å². The van der Waals surface area contributed by atoms with Crippen LogP contribution in [0.3, 0.4) is 0 Å². The Morgan fingerprint density at radius 3 is 2.85 bits per heavy atom. The third-order valence-corrected chi connectivity index (χ3v) is 4.83. The summed E-state index contributed by atoms with van der Waals surface area (Å²) < 4.78 is 1.94. The molecule has 0 saturated heterocycles. The van der Waals surface area contributed by atoms with E-state index in [9.17, 15) is 4.79 Å². The molecule has 0 amide bonds. The van der Waals surface area contributed by atoms with Gasteiger partial charge < -0.3 is 5.11 Å². The van der Waals surface area contributed by atoms with Crippen molar-refractivity contribution in [1.82, 2.24) is 19.6 Å². The van der Waals surface area contributed by atoms with E-state index >= 15 is 0 Å². The van der Waals surface area contributed by atoms with Crippen molar-refractivity contribution in [2.45, 2.75) is 26.7 Å². The van der Waals surface area contributed by atoms with Crippen LogP contribution in [0.1, 0.15) is 22.9 Å². The van der Waals surface area contributed by atoms with Gasteiger partial charge in [0.1, 0.15) is 5.82 Å². The molecule has 0 atom stereocenters. The summed E-state index contributed by atoms with van der Waals surface area (Å²) in [6.07, 6.45) is 0.424. The maximum atomic E-state index is 10.7. The Bertz CT molecular complexity index is 787. The van der Waals surface area contributed by atoms with Gasteiger partial charge in [0.2, 0.25) is 4.96 Å². The van der Waals surface area contributed by atoms with Crippen LogP contribution in [0.5, 0.6) is 0 Å². The fraction of sp³-hybridized carbons (Fsp3) is 0.333. The van der Waals surface area contributed by atoms with Crippen molar-refractivity contribution in [3.63, 3.8) is 0 Å². The van der Waals surface area contributed by atoms with Crippen LogP contribution in [0.2, 0.25) is 0 Å². The molecule has 20 heavy (non-hydrogen) atoms. The van der Waals surface area contributed by atoms with E-state index in [4.69, 9.17) is 5.11 Å². The minimum Gasteiger partial charge on any atom is -0.481 e. The lowest BCUT2D eigenvalue weighted by Crippen LogP contribution is -2.02. The second-order valence-electron chi connectivity index (χ2n) is 4.40. The summed E-state index contributed by atoms with van der Waals surface area (Å²) in [4.78, 5) is 17.0. The van der Waals surface area contributed by atoms with Crippen LogP contribution in [0.4, 0.5) is 0 Å². The van der Waals surface area contributed by atoms with Crippen molar-refractivity contribution in [3.05, 3.63) is 21.9 Å². The molecule has 0 fully saturated rings. The van der Waals surface area contributed by atoms with Gasteiger partial charge in [-0.15, -0.1) is 32.9 Å². The van der Waals surface area contributed by atoms with E-state index in [2.05, 4.69) is 15.2 Å². The molecular formula is C12H12N4O2S2. The average Bonchev–Trinajstić information content (AvgIpc) is 3.02. The zero-order valence-corrected chi connectivity index (χ0v) is 12.6. The van der Waals surface area contributed by atoms with Gasteiger partial charge in [-0.3, -0.25) is 9.20 Å². The third-order valence-electron chi connectivity index (χ3n) is 2.92. The van der Waals surface area contributed by atoms with Crippen LogP contribution >= 0.6 is 22.7 Å². The van der Waals surface area contributed by atoms with E-state index in [1.165, 1.54) is 11.3 Å². The first-order valence-corrected chi connectivity index (χ1v) is 7.73. The molecule has 0 aliphatic carbocycles. The number of rotatable bonds is 4. The van der Waals surface area contributed by atoms with E-state index < -0.39 is 5.97 Å².